The van der Waals surface area contributed by atoms with Crippen molar-refractivity contribution in [2.75, 3.05) is 19.7 Å². The van der Waals surface area contributed by atoms with Crippen molar-refractivity contribution in [3.8, 4) is 0 Å². The second kappa shape index (κ2) is 6.41. The molecule has 1 heterocycles. The fraction of sp³-hybridized carbons (Fsp3) is 0.933. The Bertz CT molecular complexity index is 348. The van der Waals surface area contributed by atoms with Crippen LogP contribution in [-0.2, 0) is 9.53 Å². The summed E-state index contributed by atoms with van der Waals surface area (Å²) >= 11 is 0. The molecule has 1 saturated carbocycles. The third-order valence-electron chi connectivity index (χ3n) is 4.65. The summed E-state index contributed by atoms with van der Waals surface area (Å²) in [5, 5.41) is 3.32. The van der Waals surface area contributed by atoms with Gasteiger partial charge in [-0.15, -0.1) is 0 Å². The molecule has 1 aliphatic heterocycles. The van der Waals surface area contributed by atoms with Crippen LogP contribution in [0.25, 0.3) is 0 Å². The van der Waals surface area contributed by atoms with Crippen LogP contribution in [0, 0.1) is 0 Å². The van der Waals surface area contributed by atoms with Crippen LogP contribution < -0.4 is 11.1 Å². The van der Waals surface area contributed by atoms with Gasteiger partial charge < -0.3 is 15.8 Å². The van der Waals surface area contributed by atoms with Crippen molar-refractivity contribution >= 4 is 5.91 Å². The number of carbonyl (C=O) groups is 1. The van der Waals surface area contributed by atoms with Crippen LogP contribution in [0.2, 0.25) is 0 Å². The molecule has 1 saturated heterocycles. The molecular weight excluding hydrogens is 254 g/mol. The maximum atomic E-state index is 11.8. The smallest absolute Gasteiger partial charge is 0.237 e. The molecule has 2 fully saturated rings. The zero-order valence-corrected chi connectivity index (χ0v) is 13.0. The number of nitrogens with two attached hydrogens (primary N) is 1. The average Bonchev–Trinajstić information content (AvgIpc) is 2.84. The van der Waals surface area contributed by atoms with E-state index in [0.717, 1.165) is 26.1 Å². The lowest BCUT2D eigenvalue weighted by atomic mass is 9.94. The molecule has 3 unspecified atom stereocenters. The number of nitrogens with zero attached hydrogens (tertiary/aromatic N) is 1. The largest absolute Gasteiger partial charge is 0.375 e. The Hall–Kier alpha value is -0.650. The summed E-state index contributed by atoms with van der Waals surface area (Å²) in [6, 6.07) is 0.788. The quantitative estimate of drug-likeness (QED) is 0.759. The molecule has 2 rings (SSSR count). The number of hydrogen-bond donors (Lipinski definition) is 2. The molecule has 3 N–H and O–H groups in total. The Labute approximate surface area is 122 Å². The molecule has 0 bridgehead atoms. The van der Waals surface area contributed by atoms with Crippen LogP contribution in [0.4, 0.5) is 0 Å². The van der Waals surface area contributed by atoms with Gasteiger partial charge in [0, 0.05) is 25.2 Å². The predicted molar refractivity (Wildman–Crippen MR) is 79.4 cm³/mol. The van der Waals surface area contributed by atoms with Crippen LogP contribution >= 0.6 is 0 Å². The van der Waals surface area contributed by atoms with E-state index in [9.17, 15) is 4.79 Å². The van der Waals surface area contributed by atoms with E-state index < -0.39 is 5.54 Å². The van der Waals surface area contributed by atoms with Crippen LogP contribution in [0.1, 0.15) is 46.5 Å². The van der Waals surface area contributed by atoms with Crippen molar-refractivity contribution in [1.82, 2.24) is 10.2 Å². The molecule has 0 aromatic heterocycles. The van der Waals surface area contributed by atoms with Crippen molar-refractivity contribution in [2.24, 2.45) is 5.73 Å². The number of carbonyl (C=O) groups excluding carboxylic acids is 1. The number of primary amides is 1. The van der Waals surface area contributed by atoms with Crippen molar-refractivity contribution in [3.63, 3.8) is 0 Å². The van der Waals surface area contributed by atoms with Gasteiger partial charge in [-0.2, -0.15) is 0 Å². The second-order valence-corrected chi connectivity index (χ2v) is 6.69. The lowest BCUT2D eigenvalue weighted by molar-refractivity contribution is -0.125. The lowest BCUT2D eigenvalue weighted by Crippen LogP contribution is -2.58. The van der Waals surface area contributed by atoms with Crippen molar-refractivity contribution in [2.45, 2.75) is 70.2 Å². The van der Waals surface area contributed by atoms with Crippen LogP contribution in [0.5, 0.6) is 0 Å². The molecule has 1 aliphatic carbocycles. The minimum Gasteiger partial charge on any atom is -0.375 e. The number of ether oxygens (including phenoxy) is 1. The van der Waals surface area contributed by atoms with Gasteiger partial charge in [0.05, 0.1) is 18.2 Å². The molecule has 20 heavy (non-hydrogen) atoms. The number of nitrogens with one attached hydrogen (secondary N) is 1. The van der Waals surface area contributed by atoms with E-state index >= 15 is 0 Å². The predicted octanol–water partition coefficient (Wildman–Crippen LogP) is 0.872. The third-order valence-corrected chi connectivity index (χ3v) is 4.65. The highest BCUT2D eigenvalue weighted by Gasteiger charge is 2.38. The maximum absolute atomic E-state index is 11.8. The number of amides is 1. The standard InChI is InChI=1S/C15H29N3O2/c1-11(2)17-15(3,14(16)19)7-8-18-9-10-20-13-6-4-5-12(13)18/h11-13,17H,4-10H2,1-3H3,(H2,16,19). The number of hydrogen-bond acceptors (Lipinski definition) is 4. The summed E-state index contributed by atoms with van der Waals surface area (Å²) in [7, 11) is 0. The first-order valence-electron chi connectivity index (χ1n) is 7.85. The van der Waals surface area contributed by atoms with Gasteiger partial charge in [-0.3, -0.25) is 9.69 Å². The van der Waals surface area contributed by atoms with Crippen molar-refractivity contribution in [3.05, 3.63) is 0 Å². The Balaban J connectivity index is 1.93. The van der Waals surface area contributed by atoms with Gasteiger partial charge in [0.1, 0.15) is 0 Å². The van der Waals surface area contributed by atoms with E-state index in [2.05, 4.69) is 10.2 Å². The second-order valence-electron chi connectivity index (χ2n) is 6.69. The SMILES string of the molecule is CC(C)NC(C)(CCN1CCOC2CCCC21)C(N)=O. The van der Waals surface area contributed by atoms with Gasteiger partial charge in [0.15, 0.2) is 0 Å². The topological polar surface area (TPSA) is 67.6 Å². The van der Waals surface area contributed by atoms with Crippen LogP contribution in [0.3, 0.4) is 0 Å². The van der Waals surface area contributed by atoms with Gasteiger partial charge in [-0.1, -0.05) is 0 Å². The highest BCUT2D eigenvalue weighted by atomic mass is 16.5. The van der Waals surface area contributed by atoms with Gasteiger partial charge >= 0.3 is 0 Å². The number of rotatable bonds is 6. The average molecular weight is 283 g/mol. The van der Waals surface area contributed by atoms with E-state index in [-0.39, 0.29) is 11.9 Å². The molecule has 0 aromatic carbocycles. The summed E-state index contributed by atoms with van der Waals surface area (Å²) in [5.41, 5.74) is 4.97. The first kappa shape index (κ1) is 15.7. The Morgan fingerprint density at radius 3 is 2.90 bits per heavy atom. The van der Waals surface area contributed by atoms with Crippen LogP contribution in [0.15, 0.2) is 0 Å². The zero-order chi connectivity index (χ0) is 14.8. The van der Waals surface area contributed by atoms with E-state index in [1.807, 2.05) is 20.8 Å². The molecule has 5 heteroatoms. The minimum atomic E-state index is -0.624. The fourth-order valence-corrected chi connectivity index (χ4v) is 3.55. The molecule has 1 amide bonds. The fourth-order valence-electron chi connectivity index (χ4n) is 3.55. The highest BCUT2D eigenvalue weighted by molar-refractivity contribution is 5.84. The normalized spacial score (nSPS) is 30.2. The lowest BCUT2D eigenvalue weighted by Gasteiger charge is -2.40. The van der Waals surface area contributed by atoms with E-state index in [0.29, 0.717) is 12.1 Å². The van der Waals surface area contributed by atoms with Gasteiger partial charge in [0.25, 0.3) is 0 Å². The minimum absolute atomic E-state index is 0.247. The van der Waals surface area contributed by atoms with Crippen LogP contribution in [-0.4, -0.2) is 54.2 Å². The summed E-state index contributed by atoms with van der Waals surface area (Å²) in [5.74, 6) is -0.262. The Morgan fingerprint density at radius 1 is 1.50 bits per heavy atom. The Kier molecular flexibility index (Phi) is 5.04. The van der Waals surface area contributed by atoms with E-state index in [4.69, 9.17) is 10.5 Å². The summed E-state index contributed by atoms with van der Waals surface area (Å²) < 4.78 is 5.83. The van der Waals surface area contributed by atoms with E-state index in [1.165, 1.54) is 19.3 Å². The van der Waals surface area contributed by atoms with Crippen molar-refractivity contribution in [1.29, 1.82) is 0 Å². The zero-order valence-electron chi connectivity index (χ0n) is 13.0. The Morgan fingerprint density at radius 2 is 2.25 bits per heavy atom. The van der Waals surface area contributed by atoms with E-state index in [1.54, 1.807) is 0 Å². The molecule has 3 atom stereocenters. The molecule has 0 aromatic rings. The summed E-state index contributed by atoms with van der Waals surface area (Å²) in [4.78, 5) is 14.3. The molecule has 0 spiro atoms. The van der Waals surface area contributed by atoms with Gasteiger partial charge in [-0.05, 0) is 46.5 Å². The summed E-state index contributed by atoms with van der Waals surface area (Å²) in [6.07, 6.45) is 4.81. The molecule has 5 nitrogen and oxygen atoms in total. The third kappa shape index (κ3) is 3.51. The maximum Gasteiger partial charge on any atom is 0.237 e. The molecule has 2 aliphatic rings. The highest BCUT2D eigenvalue weighted by Crippen LogP contribution is 2.30. The number of fused-ring (bicyclic) bond motifs is 1. The van der Waals surface area contributed by atoms with Crippen molar-refractivity contribution < 1.29 is 9.53 Å². The molecular formula is C15H29N3O2. The monoisotopic (exact) mass is 283 g/mol. The molecule has 0 radical (unpaired) electrons. The first-order chi connectivity index (χ1) is 9.42. The summed E-state index contributed by atoms with van der Waals surface area (Å²) in [6.45, 7) is 8.70. The van der Waals surface area contributed by atoms with Gasteiger partial charge in [-0.25, -0.2) is 0 Å². The number of morpholine rings is 1. The van der Waals surface area contributed by atoms with Gasteiger partial charge in [0.2, 0.25) is 5.91 Å². The molecule has 116 valence electrons. The first-order valence-corrected chi connectivity index (χ1v) is 7.85.